The summed E-state index contributed by atoms with van der Waals surface area (Å²) in [5.41, 5.74) is 1.15. The van der Waals surface area contributed by atoms with Gasteiger partial charge in [0.05, 0.1) is 13.2 Å². The zero-order valence-electron chi connectivity index (χ0n) is 11.2. The van der Waals surface area contributed by atoms with Crippen LogP contribution in [0.2, 0.25) is 0 Å². The molecule has 1 unspecified atom stereocenters. The van der Waals surface area contributed by atoms with Gasteiger partial charge in [-0.25, -0.2) is 0 Å². The number of benzene rings is 1. The summed E-state index contributed by atoms with van der Waals surface area (Å²) >= 11 is 3.54. The smallest absolute Gasteiger partial charge is 0.149 e. The van der Waals surface area contributed by atoms with E-state index in [0.29, 0.717) is 0 Å². The Bertz CT molecular complexity index is 555. The van der Waals surface area contributed by atoms with Gasteiger partial charge in [-0.1, -0.05) is 15.9 Å². The van der Waals surface area contributed by atoms with E-state index >= 15 is 0 Å². The summed E-state index contributed by atoms with van der Waals surface area (Å²) in [5.74, 6) is 1.77. The molecule has 19 heavy (non-hydrogen) atoms. The van der Waals surface area contributed by atoms with Gasteiger partial charge in [0.25, 0.3) is 0 Å². The van der Waals surface area contributed by atoms with Crippen LogP contribution in [0.4, 0.5) is 0 Å². The van der Waals surface area contributed by atoms with Gasteiger partial charge in [-0.3, -0.25) is 0 Å². The van der Waals surface area contributed by atoms with Crippen molar-refractivity contribution in [3.05, 3.63) is 40.4 Å². The van der Waals surface area contributed by atoms with Crippen molar-refractivity contribution in [1.82, 2.24) is 20.1 Å². The molecule has 0 aliphatic rings. The molecular weight excluding hydrogens is 308 g/mol. The lowest BCUT2D eigenvalue weighted by Crippen LogP contribution is -2.21. The molecule has 2 aromatic rings. The van der Waals surface area contributed by atoms with E-state index < -0.39 is 0 Å². The Kier molecular flexibility index (Phi) is 4.55. The molecule has 0 aliphatic heterocycles. The van der Waals surface area contributed by atoms with Crippen molar-refractivity contribution in [3.63, 3.8) is 0 Å². The SMILES string of the molecule is COc1ccc(Br)c(CNC(C)c2nncn2C)c1. The molecule has 1 aromatic carbocycles. The minimum Gasteiger partial charge on any atom is -0.497 e. The second-order valence-corrected chi connectivity index (χ2v) is 5.21. The van der Waals surface area contributed by atoms with Gasteiger partial charge < -0.3 is 14.6 Å². The van der Waals surface area contributed by atoms with Crippen LogP contribution in [0, 0.1) is 0 Å². The molecule has 6 heteroatoms. The van der Waals surface area contributed by atoms with E-state index in [1.807, 2.05) is 29.8 Å². The van der Waals surface area contributed by atoms with E-state index in [4.69, 9.17) is 4.74 Å². The van der Waals surface area contributed by atoms with Gasteiger partial charge >= 0.3 is 0 Å². The van der Waals surface area contributed by atoms with Gasteiger partial charge in [-0.05, 0) is 30.7 Å². The van der Waals surface area contributed by atoms with Gasteiger partial charge in [0.2, 0.25) is 0 Å². The molecule has 0 fully saturated rings. The van der Waals surface area contributed by atoms with Crippen LogP contribution in [-0.4, -0.2) is 21.9 Å². The van der Waals surface area contributed by atoms with Crippen LogP contribution in [0.1, 0.15) is 24.4 Å². The molecule has 1 heterocycles. The average molecular weight is 325 g/mol. The third-order valence-electron chi connectivity index (χ3n) is 2.99. The molecule has 0 spiro atoms. The van der Waals surface area contributed by atoms with Crippen molar-refractivity contribution in [3.8, 4) is 5.75 Å². The minimum atomic E-state index is 0.130. The summed E-state index contributed by atoms with van der Waals surface area (Å²) in [6, 6.07) is 6.06. The number of rotatable bonds is 5. The van der Waals surface area contributed by atoms with Crippen LogP contribution in [0.25, 0.3) is 0 Å². The predicted octanol–water partition coefficient (Wildman–Crippen LogP) is 2.44. The van der Waals surface area contributed by atoms with Crippen molar-refractivity contribution in [2.24, 2.45) is 7.05 Å². The van der Waals surface area contributed by atoms with Crippen molar-refractivity contribution in [2.45, 2.75) is 19.5 Å². The number of aromatic nitrogens is 3. The summed E-state index contributed by atoms with van der Waals surface area (Å²) in [6.45, 7) is 2.80. The number of aryl methyl sites for hydroxylation is 1. The molecule has 1 atom stereocenters. The standard InChI is InChI=1S/C13H17BrN4O/c1-9(13-17-16-8-18(13)2)15-7-10-6-11(19-3)4-5-12(10)14/h4-6,8-9,15H,7H2,1-3H3. The Morgan fingerprint density at radius 2 is 2.26 bits per heavy atom. The average Bonchev–Trinajstić information content (AvgIpc) is 2.84. The van der Waals surface area contributed by atoms with Crippen molar-refractivity contribution < 1.29 is 4.74 Å². The zero-order valence-corrected chi connectivity index (χ0v) is 12.8. The van der Waals surface area contributed by atoms with Crippen LogP contribution < -0.4 is 10.1 Å². The number of methoxy groups -OCH3 is 1. The molecule has 0 aliphatic carbocycles. The van der Waals surface area contributed by atoms with E-state index in [9.17, 15) is 0 Å². The predicted molar refractivity (Wildman–Crippen MR) is 77.0 cm³/mol. The maximum atomic E-state index is 5.23. The zero-order chi connectivity index (χ0) is 13.8. The maximum absolute atomic E-state index is 5.23. The quantitative estimate of drug-likeness (QED) is 0.917. The summed E-state index contributed by atoms with van der Waals surface area (Å²) in [4.78, 5) is 0. The Hall–Kier alpha value is -1.40. The van der Waals surface area contributed by atoms with Crippen LogP contribution in [-0.2, 0) is 13.6 Å². The van der Waals surface area contributed by atoms with E-state index in [0.717, 1.165) is 28.2 Å². The maximum Gasteiger partial charge on any atom is 0.149 e. The lowest BCUT2D eigenvalue weighted by Gasteiger charge is -2.14. The topological polar surface area (TPSA) is 52.0 Å². The van der Waals surface area contributed by atoms with Gasteiger partial charge in [0, 0.05) is 18.1 Å². The number of hydrogen-bond acceptors (Lipinski definition) is 4. The van der Waals surface area contributed by atoms with E-state index in [-0.39, 0.29) is 6.04 Å². The van der Waals surface area contributed by atoms with Crippen molar-refractivity contribution in [2.75, 3.05) is 7.11 Å². The van der Waals surface area contributed by atoms with Gasteiger partial charge in [0.15, 0.2) is 0 Å². The number of ether oxygens (including phenoxy) is 1. The van der Waals surface area contributed by atoms with E-state index in [1.54, 1.807) is 13.4 Å². The Morgan fingerprint density at radius 1 is 1.47 bits per heavy atom. The van der Waals surface area contributed by atoms with Crippen LogP contribution in [0.3, 0.4) is 0 Å². The lowest BCUT2D eigenvalue weighted by atomic mass is 10.2. The first-order valence-electron chi connectivity index (χ1n) is 6.01. The van der Waals surface area contributed by atoms with E-state index in [2.05, 4.69) is 38.4 Å². The molecule has 1 N–H and O–H groups in total. The molecule has 0 bridgehead atoms. The number of nitrogens with one attached hydrogen (secondary N) is 1. The summed E-state index contributed by atoms with van der Waals surface area (Å²) in [7, 11) is 3.61. The Balaban J connectivity index is 2.04. The molecule has 0 amide bonds. The van der Waals surface area contributed by atoms with Crippen LogP contribution >= 0.6 is 15.9 Å². The summed E-state index contributed by atoms with van der Waals surface area (Å²) in [6.07, 6.45) is 1.70. The molecule has 1 aromatic heterocycles. The van der Waals surface area contributed by atoms with Crippen LogP contribution in [0.15, 0.2) is 29.0 Å². The monoisotopic (exact) mass is 324 g/mol. The number of hydrogen-bond donors (Lipinski definition) is 1. The van der Waals surface area contributed by atoms with Gasteiger partial charge in [-0.15, -0.1) is 10.2 Å². The third kappa shape index (κ3) is 3.33. The second kappa shape index (κ2) is 6.16. The first kappa shape index (κ1) is 14.0. The number of halogens is 1. The fourth-order valence-corrected chi connectivity index (χ4v) is 2.24. The molecule has 102 valence electrons. The molecule has 2 rings (SSSR count). The van der Waals surface area contributed by atoms with Crippen molar-refractivity contribution >= 4 is 15.9 Å². The highest BCUT2D eigenvalue weighted by Gasteiger charge is 2.11. The second-order valence-electron chi connectivity index (χ2n) is 4.36. The first-order valence-corrected chi connectivity index (χ1v) is 6.81. The highest BCUT2D eigenvalue weighted by Crippen LogP contribution is 2.23. The van der Waals surface area contributed by atoms with Crippen LogP contribution in [0.5, 0.6) is 5.75 Å². The fourth-order valence-electron chi connectivity index (χ4n) is 1.85. The Labute approximate surface area is 121 Å². The normalized spacial score (nSPS) is 12.4. The highest BCUT2D eigenvalue weighted by atomic mass is 79.9. The van der Waals surface area contributed by atoms with Crippen molar-refractivity contribution in [1.29, 1.82) is 0 Å². The first-order chi connectivity index (χ1) is 9.11. The van der Waals surface area contributed by atoms with E-state index in [1.165, 1.54) is 0 Å². The molecule has 0 radical (unpaired) electrons. The molecular formula is C13H17BrN4O. The molecule has 0 saturated carbocycles. The summed E-state index contributed by atoms with van der Waals surface area (Å²) < 4.78 is 8.21. The molecule has 0 saturated heterocycles. The van der Waals surface area contributed by atoms with Gasteiger partial charge in [-0.2, -0.15) is 0 Å². The molecule has 5 nitrogen and oxygen atoms in total. The summed E-state index contributed by atoms with van der Waals surface area (Å²) in [5, 5.41) is 11.4. The number of nitrogens with zero attached hydrogens (tertiary/aromatic N) is 3. The van der Waals surface area contributed by atoms with Gasteiger partial charge in [0.1, 0.15) is 17.9 Å². The largest absolute Gasteiger partial charge is 0.497 e. The minimum absolute atomic E-state index is 0.130. The Morgan fingerprint density at radius 3 is 2.89 bits per heavy atom. The lowest BCUT2D eigenvalue weighted by molar-refractivity contribution is 0.413. The highest BCUT2D eigenvalue weighted by molar-refractivity contribution is 9.10. The fraction of sp³-hybridized carbons (Fsp3) is 0.385. The third-order valence-corrected chi connectivity index (χ3v) is 3.76.